The average Bonchev–Trinajstić information content (AvgIpc) is 3.13. The van der Waals surface area contributed by atoms with Crippen molar-refractivity contribution in [3.8, 4) is 0 Å². The van der Waals surface area contributed by atoms with Crippen molar-refractivity contribution in [1.29, 1.82) is 0 Å². The first-order valence-corrected chi connectivity index (χ1v) is 11.0. The molecule has 1 atom stereocenters. The maximum atomic E-state index is 12.9. The van der Waals surface area contributed by atoms with Gasteiger partial charge in [-0.25, -0.2) is 8.42 Å². The topological polar surface area (TPSA) is 62.6 Å². The van der Waals surface area contributed by atoms with Crippen molar-refractivity contribution in [2.75, 3.05) is 38.7 Å². The second kappa shape index (κ2) is 7.86. The fourth-order valence-electron chi connectivity index (χ4n) is 3.56. The van der Waals surface area contributed by atoms with Crippen molar-refractivity contribution in [1.82, 2.24) is 14.4 Å². The second-order valence-electron chi connectivity index (χ2n) is 7.44. The molecular weight excluding hydrogens is 362 g/mol. The smallest absolute Gasteiger partial charge is 0.246 e. The first-order chi connectivity index (χ1) is 12.8. The van der Waals surface area contributed by atoms with Gasteiger partial charge in [0.25, 0.3) is 0 Å². The molecule has 1 unspecified atom stereocenters. The van der Waals surface area contributed by atoms with Crippen LogP contribution in [0.2, 0.25) is 0 Å². The number of hydrogen-bond acceptors (Lipinski definition) is 4. The molecule has 1 aliphatic rings. The molecule has 7 heteroatoms. The molecule has 0 spiro atoms. The molecule has 6 nitrogen and oxygen atoms in total. The number of rotatable bonds is 6. The highest BCUT2D eigenvalue weighted by molar-refractivity contribution is 7.91. The summed E-state index contributed by atoms with van der Waals surface area (Å²) in [6.07, 6.45) is 5.92. The Bertz CT molecular complexity index is 960. The Balaban J connectivity index is 1.81. The van der Waals surface area contributed by atoms with Crippen LogP contribution in [0.3, 0.4) is 0 Å². The number of likely N-dealkylation sites (N-methyl/N-ethyl adjacent to an activating group) is 1. The summed E-state index contributed by atoms with van der Waals surface area (Å²) in [6, 6.07) is 7.81. The minimum absolute atomic E-state index is 0.0638. The zero-order chi connectivity index (χ0) is 19.6. The van der Waals surface area contributed by atoms with E-state index in [1.807, 2.05) is 67.1 Å². The SMILES string of the molecule is CN(C)CCN(C(=O)/C=C/c1cn(C)c2ccccc12)C1CCS(=O)(=O)C1. The number of carbonyl (C=O) groups is 1. The van der Waals surface area contributed by atoms with E-state index < -0.39 is 9.84 Å². The van der Waals surface area contributed by atoms with Crippen LogP contribution in [0.4, 0.5) is 0 Å². The maximum Gasteiger partial charge on any atom is 0.246 e. The van der Waals surface area contributed by atoms with Crippen molar-refractivity contribution in [3.05, 3.63) is 42.1 Å². The Kier molecular flexibility index (Phi) is 5.72. The van der Waals surface area contributed by atoms with E-state index in [0.717, 1.165) is 16.5 Å². The lowest BCUT2D eigenvalue weighted by Gasteiger charge is -2.28. The molecule has 0 N–H and O–H groups in total. The van der Waals surface area contributed by atoms with E-state index in [2.05, 4.69) is 0 Å². The molecule has 2 aromatic rings. The molecule has 1 amide bonds. The van der Waals surface area contributed by atoms with Crippen molar-refractivity contribution in [2.45, 2.75) is 12.5 Å². The number of fused-ring (bicyclic) bond motifs is 1. The summed E-state index contributed by atoms with van der Waals surface area (Å²) in [7, 11) is 2.83. The van der Waals surface area contributed by atoms with E-state index in [4.69, 9.17) is 0 Å². The number of amides is 1. The Morgan fingerprint density at radius 3 is 2.67 bits per heavy atom. The summed E-state index contributed by atoms with van der Waals surface area (Å²) in [5, 5.41) is 1.09. The van der Waals surface area contributed by atoms with Crippen LogP contribution < -0.4 is 0 Å². The summed E-state index contributed by atoms with van der Waals surface area (Å²) >= 11 is 0. The van der Waals surface area contributed by atoms with Crippen LogP contribution in [0.1, 0.15) is 12.0 Å². The van der Waals surface area contributed by atoms with E-state index in [0.29, 0.717) is 19.5 Å². The Morgan fingerprint density at radius 1 is 1.26 bits per heavy atom. The van der Waals surface area contributed by atoms with Crippen molar-refractivity contribution in [2.24, 2.45) is 7.05 Å². The summed E-state index contributed by atoms with van der Waals surface area (Å²) in [5.41, 5.74) is 2.09. The minimum Gasteiger partial charge on any atom is -0.350 e. The third-order valence-corrected chi connectivity index (χ3v) is 6.80. The maximum absolute atomic E-state index is 12.9. The van der Waals surface area contributed by atoms with Crippen LogP contribution >= 0.6 is 0 Å². The fourth-order valence-corrected chi connectivity index (χ4v) is 5.29. The first kappa shape index (κ1) is 19.6. The van der Waals surface area contributed by atoms with Crippen LogP contribution in [0, 0.1) is 0 Å². The zero-order valence-corrected chi connectivity index (χ0v) is 16.9. The van der Waals surface area contributed by atoms with Gasteiger partial charge in [-0.05, 0) is 32.7 Å². The van der Waals surface area contributed by atoms with E-state index in [1.165, 1.54) is 0 Å². The predicted molar refractivity (Wildman–Crippen MR) is 109 cm³/mol. The number of carbonyl (C=O) groups excluding carboxylic acids is 1. The molecule has 1 aromatic carbocycles. The average molecular weight is 390 g/mol. The molecule has 27 heavy (non-hydrogen) atoms. The van der Waals surface area contributed by atoms with Gasteiger partial charge in [0.1, 0.15) is 0 Å². The van der Waals surface area contributed by atoms with Crippen LogP contribution in [0.25, 0.3) is 17.0 Å². The molecular formula is C20H27N3O3S. The highest BCUT2D eigenvalue weighted by Gasteiger charge is 2.33. The van der Waals surface area contributed by atoms with E-state index in [9.17, 15) is 13.2 Å². The fraction of sp³-hybridized carbons (Fsp3) is 0.450. The molecule has 1 saturated heterocycles. The molecule has 1 aliphatic heterocycles. The van der Waals surface area contributed by atoms with Crippen LogP contribution in [-0.2, 0) is 21.7 Å². The highest BCUT2D eigenvalue weighted by Crippen LogP contribution is 2.22. The number of benzene rings is 1. The molecule has 3 rings (SSSR count). The van der Waals surface area contributed by atoms with Crippen molar-refractivity contribution >= 4 is 32.7 Å². The quantitative estimate of drug-likeness (QED) is 0.707. The standard InChI is InChI=1S/C20H27N3O3S/c1-21(2)11-12-23(17-10-13-27(25,26)15-17)20(24)9-8-16-14-22(3)19-7-5-4-6-18(16)19/h4-9,14,17H,10-13,15H2,1-3H3/b9-8+. The van der Waals surface area contributed by atoms with Crippen molar-refractivity contribution in [3.63, 3.8) is 0 Å². The number of para-hydroxylation sites is 1. The number of aryl methyl sites for hydroxylation is 1. The normalized spacial score (nSPS) is 19.3. The van der Waals surface area contributed by atoms with Gasteiger partial charge >= 0.3 is 0 Å². The molecule has 0 saturated carbocycles. The van der Waals surface area contributed by atoms with Gasteiger partial charge in [-0.3, -0.25) is 4.79 Å². The minimum atomic E-state index is -3.04. The summed E-state index contributed by atoms with van der Waals surface area (Å²) in [6.45, 7) is 1.22. The Morgan fingerprint density at radius 2 is 2.00 bits per heavy atom. The lowest BCUT2D eigenvalue weighted by atomic mass is 10.1. The molecule has 0 bridgehead atoms. The van der Waals surface area contributed by atoms with Gasteiger partial charge < -0.3 is 14.4 Å². The van der Waals surface area contributed by atoms with Gasteiger partial charge in [-0.2, -0.15) is 0 Å². The third-order valence-electron chi connectivity index (χ3n) is 5.05. The Labute approximate surface area is 161 Å². The summed E-state index contributed by atoms with van der Waals surface area (Å²) < 4.78 is 25.8. The number of sulfone groups is 1. The second-order valence-corrected chi connectivity index (χ2v) is 9.67. The molecule has 0 radical (unpaired) electrons. The van der Waals surface area contributed by atoms with Gasteiger partial charge in [0, 0.05) is 54.9 Å². The van der Waals surface area contributed by atoms with Crippen LogP contribution in [-0.4, -0.2) is 73.4 Å². The van der Waals surface area contributed by atoms with E-state index in [1.54, 1.807) is 11.0 Å². The molecule has 0 aliphatic carbocycles. The lowest BCUT2D eigenvalue weighted by molar-refractivity contribution is -0.127. The lowest BCUT2D eigenvalue weighted by Crippen LogP contribution is -2.43. The molecule has 1 aromatic heterocycles. The van der Waals surface area contributed by atoms with Gasteiger partial charge in [0.15, 0.2) is 9.84 Å². The third kappa shape index (κ3) is 4.59. The van der Waals surface area contributed by atoms with Crippen LogP contribution in [0.15, 0.2) is 36.5 Å². The zero-order valence-electron chi connectivity index (χ0n) is 16.1. The number of nitrogens with zero attached hydrogens (tertiary/aromatic N) is 3. The monoisotopic (exact) mass is 389 g/mol. The molecule has 146 valence electrons. The van der Waals surface area contributed by atoms with Gasteiger partial charge in [-0.15, -0.1) is 0 Å². The number of aromatic nitrogens is 1. The Hall–Kier alpha value is -2.12. The number of hydrogen-bond donors (Lipinski definition) is 0. The highest BCUT2D eigenvalue weighted by atomic mass is 32.2. The molecule has 1 fully saturated rings. The van der Waals surface area contributed by atoms with E-state index >= 15 is 0 Å². The van der Waals surface area contributed by atoms with Gasteiger partial charge in [0.05, 0.1) is 11.5 Å². The summed E-state index contributed by atoms with van der Waals surface area (Å²) in [4.78, 5) is 16.6. The largest absolute Gasteiger partial charge is 0.350 e. The van der Waals surface area contributed by atoms with Crippen molar-refractivity contribution < 1.29 is 13.2 Å². The van der Waals surface area contributed by atoms with Crippen LogP contribution in [0.5, 0.6) is 0 Å². The van der Waals surface area contributed by atoms with E-state index in [-0.39, 0.29) is 23.5 Å². The van der Waals surface area contributed by atoms with Gasteiger partial charge in [-0.1, -0.05) is 18.2 Å². The molecule has 2 heterocycles. The summed E-state index contributed by atoms with van der Waals surface area (Å²) in [5.74, 6) is 0.0944. The van der Waals surface area contributed by atoms with Gasteiger partial charge in [0.2, 0.25) is 5.91 Å². The predicted octanol–water partition coefficient (Wildman–Crippen LogP) is 1.77. The first-order valence-electron chi connectivity index (χ1n) is 9.15.